The van der Waals surface area contributed by atoms with Crippen molar-refractivity contribution in [1.82, 2.24) is 0 Å². The van der Waals surface area contributed by atoms with Crippen molar-refractivity contribution < 1.29 is 13.6 Å². The second-order valence-corrected chi connectivity index (χ2v) is 23.7. The summed E-state index contributed by atoms with van der Waals surface area (Å²) in [5.41, 5.74) is 18.7. The molecule has 73 heavy (non-hydrogen) atoms. The molecule has 0 heterocycles. The molecule has 6 rings (SSSR count). The van der Waals surface area contributed by atoms with E-state index in [1.54, 1.807) is 0 Å². The zero-order chi connectivity index (χ0) is 53.4. The first-order valence-electron chi connectivity index (χ1n) is 28.0. The van der Waals surface area contributed by atoms with Crippen LogP contribution in [0.25, 0.3) is 0 Å². The lowest BCUT2D eigenvalue weighted by Crippen LogP contribution is -2.44. The molecular weight excluding hydrogens is 908 g/mol. The van der Waals surface area contributed by atoms with Gasteiger partial charge in [-0.1, -0.05) is 223 Å². The first-order valence-corrected chi connectivity index (χ1v) is 29.1. The summed E-state index contributed by atoms with van der Waals surface area (Å²) in [5.74, 6) is 0.0715. The zero-order valence-corrected chi connectivity index (χ0v) is 49.6. The van der Waals surface area contributed by atoms with Gasteiger partial charge < -0.3 is 0 Å². The maximum absolute atomic E-state index is 8.69. The van der Waals surface area contributed by atoms with Gasteiger partial charge in [0.25, 0.3) is 0 Å². The summed E-state index contributed by atoms with van der Waals surface area (Å²) in [4.78, 5) is 0. The van der Waals surface area contributed by atoms with Crippen LogP contribution >= 0.6 is 8.60 Å². The molecule has 0 aromatic heterocycles. The van der Waals surface area contributed by atoms with E-state index < -0.39 is 25.4 Å². The van der Waals surface area contributed by atoms with E-state index in [0.717, 1.165) is 57.8 Å². The van der Waals surface area contributed by atoms with Crippen molar-refractivity contribution in [2.45, 2.75) is 199 Å². The molecule has 0 aliphatic rings. The molecule has 0 fully saturated rings. The van der Waals surface area contributed by atoms with E-state index in [0.29, 0.717) is 0 Å². The van der Waals surface area contributed by atoms with Crippen LogP contribution in [-0.2, 0) is 30.4 Å². The van der Waals surface area contributed by atoms with Crippen LogP contribution in [0.15, 0.2) is 109 Å². The Morgan fingerprint density at radius 1 is 0.315 bits per heavy atom. The Bertz CT molecular complexity index is 2340. The fourth-order valence-corrected chi connectivity index (χ4v) is 14.5. The van der Waals surface area contributed by atoms with Gasteiger partial charge in [0.05, 0.1) is 0 Å². The molecule has 3 unspecified atom stereocenters. The molecule has 0 N–H and O–H groups in total. The largest absolute Gasteiger partial charge is 0.336 e. The third kappa shape index (κ3) is 12.2. The second kappa shape index (κ2) is 25.0. The van der Waals surface area contributed by atoms with E-state index >= 15 is 0 Å². The molecule has 0 saturated carbocycles. The smallest absolute Gasteiger partial charge is 0.295 e. The van der Waals surface area contributed by atoms with E-state index in [4.69, 9.17) is 13.6 Å². The fraction of sp³-hybridized carbons (Fsp3) is 0.478. The molecule has 6 aromatic rings. The van der Waals surface area contributed by atoms with Crippen LogP contribution < -0.4 is 0 Å². The molecule has 0 spiro atoms. The van der Waals surface area contributed by atoms with Crippen LogP contribution in [0.5, 0.6) is 0 Å². The van der Waals surface area contributed by atoms with Gasteiger partial charge in [-0.2, -0.15) is 0 Å². The van der Waals surface area contributed by atoms with E-state index in [1.165, 1.54) is 100 Å². The zero-order valence-electron chi connectivity index (χ0n) is 48.7. The van der Waals surface area contributed by atoms with Gasteiger partial charge in [-0.25, -0.2) is 0 Å². The van der Waals surface area contributed by atoms with Gasteiger partial charge in [0, 0.05) is 0 Å². The summed E-state index contributed by atoms with van der Waals surface area (Å²) in [6.07, 6.45) is 9.30. The molecule has 4 heteroatoms. The third-order valence-corrected chi connectivity index (χ3v) is 17.7. The molecule has 0 amide bonds. The van der Waals surface area contributed by atoms with Crippen molar-refractivity contribution in [2.24, 2.45) is 17.8 Å². The van der Waals surface area contributed by atoms with Gasteiger partial charge in [-0.3, -0.25) is 13.6 Å². The summed E-state index contributed by atoms with van der Waals surface area (Å²) >= 11 is 0. The summed E-state index contributed by atoms with van der Waals surface area (Å²) in [6.45, 7) is 41.1. The SMILES string of the molecule is CCCCC(C)C(OP(OC(c1ccc(C)cc1C)(c1ccc(C)cc1C)C(C)CCCC)OC(c1ccc(C)cc1C)(c1ccc(C)cc1C)C(C)CCCC)(c1ccc(C)cc1C)c1ccc(C)cc1C. The van der Waals surface area contributed by atoms with Crippen LogP contribution in [0, 0.1) is 101 Å². The first-order chi connectivity index (χ1) is 34.7. The minimum atomic E-state index is -2.33. The Kier molecular flexibility index (Phi) is 19.8. The molecule has 3 atom stereocenters. The van der Waals surface area contributed by atoms with Crippen LogP contribution in [0.4, 0.5) is 0 Å². The van der Waals surface area contributed by atoms with Gasteiger partial charge in [0.1, 0.15) is 16.8 Å². The predicted octanol–water partition coefficient (Wildman–Crippen LogP) is 20.3. The highest BCUT2D eigenvalue weighted by molar-refractivity contribution is 7.41. The van der Waals surface area contributed by atoms with Gasteiger partial charge in [0.2, 0.25) is 0 Å². The Morgan fingerprint density at radius 3 is 0.644 bits per heavy atom. The van der Waals surface area contributed by atoms with Crippen molar-refractivity contribution in [3.05, 3.63) is 209 Å². The molecule has 0 saturated heterocycles. The normalized spacial score (nSPS) is 14.1. The molecule has 0 bridgehead atoms. The van der Waals surface area contributed by atoms with E-state index in [9.17, 15) is 0 Å². The van der Waals surface area contributed by atoms with Crippen molar-refractivity contribution in [3.63, 3.8) is 0 Å². The average molecular weight is 1000 g/mol. The molecule has 0 aliphatic carbocycles. The van der Waals surface area contributed by atoms with Crippen LogP contribution in [-0.4, -0.2) is 0 Å². The van der Waals surface area contributed by atoms with Gasteiger partial charge in [-0.05, 0) is 187 Å². The molecule has 3 nitrogen and oxygen atoms in total. The van der Waals surface area contributed by atoms with Crippen molar-refractivity contribution >= 4 is 8.60 Å². The number of hydrogen-bond donors (Lipinski definition) is 0. The van der Waals surface area contributed by atoms with Crippen LogP contribution in [0.3, 0.4) is 0 Å². The number of rotatable bonds is 24. The van der Waals surface area contributed by atoms with Crippen molar-refractivity contribution in [1.29, 1.82) is 0 Å². The lowest BCUT2D eigenvalue weighted by molar-refractivity contribution is -0.0626. The average Bonchev–Trinajstić information content (AvgIpc) is 3.32. The van der Waals surface area contributed by atoms with Gasteiger partial charge in [0.15, 0.2) is 0 Å². The lowest BCUT2D eigenvalue weighted by Gasteiger charge is -2.50. The summed E-state index contributed by atoms with van der Waals surface area (Å²) in [7, 11) is -2.33. The Labute approximate surface area is 446 Å². The highest BCUT2D eigenvalue weighted by atomic mass is 31.2. The summed E-state index contributed by atoms with van der Waals surface area (Å²) < 4.78 is 26.1. The number of aryl methyl sites for hydroxylation is 12. The minimum absolute atomic E-state index is 0.0238. The van der Waals surface area contributed by atoms with Crippen LogP contribution in [0.1, 0.15) is 199 Å². The standard InChI is InChI=1S/C69H93O3P/c1-19-22-25-58(16)67(61-34-28-46(4)40-52(61)10,62-35-29-47(5)41-53(62)11)70-73(71-68(59(17)26-23-20-2,63-36-30-48(6)42-54(63)12)64-37-31-49(7)43-55(64)13)72-69(60(18)27-24-21-3,65-38-32-50(8)44-56(65)14)66-39-33-51(9)45-57(66)15/h28-45,58-60H,19-27H2,1-18H3. The molecule has 0 aliphatic heterocycles. The van der Waals surface area contributed by atoms with E-state index in [2.05, 4.69) is 234 Å². The fourth-order valence-electron chi connectivity index (χ4n) is 12.5. The highest BCUT2D eigenvalue weighted by Crippen LogP contribution is 2.65. The van der Waals surface area contributed by atoms with Crippen molar-refractivity contribution in [2.75, 3.05) is 0 Å². The van der Waals surface area contributed by atoms with Gasteiger partial charge in [-0.15, -0.1) is 0 Å². The topological polar surface area (TPSA) is 27.7 Å². The Hall–Kier alpha value is -4.37. The minimum Gasteiger partial charge on any atom is -0.295 e. The molecule has 0 radical (unpaired) electrons. The summed E-state index contributed by atoms with van der Waals surface area (Å²) in [6, 6.07) is 41.9. The predicted molar refractivity (Wildman–Crippen MR) is 314 cm³/mol. The van der Waals surface area contributed by atoms with E-state index in [1.807, 2.05) is 0 Å². The third-order valence-electron chi connectivity index (χ3n) is 16.4. The maximum Gasteiger partial charge on any atom is 0.336 e. The summed E-state index contributed by atoms with van der Waals surface area (Å²) in [5, 5.41) is 0. The molecule has 392 valence electrons. The second-order valence-electron chi connectivity index (χ2n) is 22.7. The quantitative estimate of drug-likeness (QED) is 0.0566. The Morgan fingerprint density at radius 2 is 0.493 bits per heavy atom. The number of hydrogen-bond acceptors (Lipinski definition) is 3. The highest BCUT2D eigenvalue weighted by Gasteiger charge is 2.55. The lowest BCUT2D eigenvalue weighted by atomic mass is 9.72. The molecule has 6 aromatic carbocycles. The molecular formula is C69H93O3P. The van der Waals surface area contributed by atoms with E-state index in [-0.39, 0.29) is 17.8 Å². The van der Waals surface area contributed by atoms with Gasteiger partial charge >= 0.3 is 8.60 Å². The van der Waals surface area contributed by atoms with Crippen LogP contribution in [0.2, 0.25) is 0 Å². The first kappa shape index (κ1) is 57.9. The maximum atomic E-state index is 8.69. The van der Waals surface area contributed by atoms with Crippen molar-refractivity contribution in [3.8, 4) is 0 Å². The Balaban J connectivity index is 1.89. The number of unbranched alkanes of at least 4 members (excludes halogenated alkanes) is 3. The monoisotopic (exact) mass is 1000 g/mol. The number of benzene rings is 6.